The van der Waals surface area contributed by atoms with E-state index < -0.39 is 12.1 Å². The summed E-state index contributed by atoms with van der Waals surface area (Å²) >= 11 is 0. The second-order valence-corrected chi connectivity index (χ2v) is 5.07. The molecule has 0 fully saturated rings. The van der Waals surface area contributed by atoms with Gasteiger partial charge in [0.05, 0.1) is 12.1 Å². The van der Waals surface area contributed by atoms with Gasteiger partial charge in [-0.1, -0.05) is 48.2 Å². The van der Waals surface area contributed by atoms with Gasteiger partial charge in [0.1, 0.15) is 6.61 Å². The van der Waals surface area contributed by atoms with Crippen LogP contribution in [0.25, 0.3) is 0 Å². The lowest BCUT2D eigenvalue weighted by molar-refractivity contribution is 0.0696. The van der Waals surface area contributed by atoms with Gasteiger partial charge in [0.2, 0.25) is 0 Å². The summed E-state index contributed by atoms with van der Waals surface area (Å²) in [6.07, 6.45) is -0.573. The number of aryl methyl sites for hydroxylation is 1. The van der Waals surface area contributed by atoms with Crippen molar-refractivity contribution in [1.29, 1.82) is 0 Å². The summed E-state index contributed by atoms with van der Waals surface area (Å²) in [6, 6.07) is 14.3. The molecule has 5 heteroatoms. The number of carbonyl (C=O) groups is 2. The molecular weight excluding hydrogens is 306 g/mol. The number of hydrogen-bond acceptors (Lipinski definition) is 3. The molecule has 2 aromatic carbocycles. The van der Waals surface area contributed by atoms with Crippen LogP contribution in [0.15, 0.2) is 48.5 Å². The molecule has 0 radical (unpaired) electrons. The molecule has 2 rings (SSSR count). The molecule has 24 heavy (non-hydrogen) atoms. The maximum absolute atomic E-state index is 11.6. The predicted octanol–water partition coefficient (Wildman–Crippen LogP) is 2.97. The van der Waals surface area contributed by atoms with Crippen LogP contribution in [0.2, 0.25) is 0 Å². The Bertz CT molecular complexity index is 788. The van der Waals surface area contributed by atoms with E-state index >= 15 is 0 Å². The first kappa shape index (κ1) is 17.1. The minimum atomic E-state index is -1.03. The van der Waals surface area contributed by atoms with Gasteiger partial charge in [0.25, 0.3) is 0 Å². The summed E-state index contributed by atoms with van der Waals surface area (Å²) in [5.41, 5.74) is 2.37. The normalized spacial score (nSPS) is 9.54. The molecule has 0 saturated heterocycles. The molecule has 5 nitrogen and oxygen atoms in total. The molecule has 0 aliphatic carbocycles. The number of aromatic carboxylic acids is 1. The molecule has 1 amide bonds. The summed E-state index contributed by atoms with van der Waals surface area (Å²) in [5.74, 6) is 4.46. The molecule has 0 saturated carbocycles. The quantitative estimate of drug-likeness (QED) is 0.848. The van der Waals surface area contributed by atoms with Gasteiger partial charge in [-0.15, -0.1) is 0 Å². The molecule has 0 aromatic heterocycles. The minimum absolute atomic E-state index is 0.0701. The molecule has 122 valence electrons. The summed E-state index contributed by atoms with van der Waals surface area (Å²) < 4.78 is 5.05. The number of amides is 1. The highest BCUT2D eigenvalue weighted by molar-refractivity contribution is 5.90. The van der Waals surface area contributed by atoms with Gasteiger partial charge in [-0.3, -0.25) is 0 Å². The van der Waals surface area contributed by atoms with Crippen molar-refractivity contribution in [2.45, 2.75) is 13.5 Å². The highest BCUT2D eigenvalue weighted by Crippen LogP contribution is 2.10. The number of nitrogens with one attached hydrogen (secondary N) is 1. The molecule has 0 spiro atoms. The van der Waals surface area contributed by atoms with Crippen LogP contribution in [0.4, 0.5) is 4.79 Å². The summed E-state index contributed by atoms with van der Waals surface area (Å²) in [7, 11) is 0. The van der Waals surface area contributed by atoms with Crippen LogP contribution in [0.3, 0.4) is 0 Å². The summed E-state index contributed by atoms with van der Waals surface area (Å²) in [5, 5.41) is 11.6. The number of ether oxygens (including phenoxy) is 1. The lowest BCUT2D eigenvalue weighted by Crippen LogP contribution is -2.24. The number of benzene rings is 2. The van der Waals surface area contributed by atoms with Gasteiger partial charge in [-0.25, -0.2) is 9.59 Å². The van der Waals surface area contributed by atoms with Crippen LogP contribution in [0, 0.1) is 18.8 Å². The summed E-state index contributed by atoms with van der Waals surface area (Å²) in [6.45, 7) is 2.11. The van der Waals surface area contributed by atoms with E-state index in [4.69, 9.17) is 9.84 Å². The van der Waals surface area contributed by atoms with Crippen molar-refractivity contribution in [1.82, 2.24) is 5.32 Å². The van der Waals surface area contributed by atoms with Crippen molar-refractivity contribution in [3.05, 3.63) is 70.8 Å². The van der Waals surface area contributed by atoms with Crippen molar-refractivity contribution in [3.8, 4) is 11.8 Å². The maximum Gasteiger partial charge on any atom is 0.408 e. The lowest BCUT2D eigenvalue weighted by atomic mass is 10.1. The standard InChI is InChI=1S/C19H17NO4/c1-14-9-10-17(18(21)22)16(12-14)8-5-11-20-19(23)24-13-15-6-3-2-4-7-15/h2-4,6-7,9-10,12H,11,13H2,1H3,(H,20,23)(H,21,22). The van der Waals surface area contributed by atoms with Crippen LogP contribution in [0.5, 0.6) is 0 Å². The Hall–Kier alpha value is -3.26. The van der Waals surface area contributed by atoms with E-state index in [2.05, 4.69) is 17.2 Å². The number of carboxylic acids is 1. The third-order valence-electron chi connectivity index (χ3n) is 3.16. The number of rotatable bonds is 4. The smallest absolute Gasteiger partial charge is 0.408 e. The molecule has 0 atom stereocenters. The van der Waals surface area contributed by atoms with Crippen molar-refractivity contribution < 1.29 is 19.4 Å². The highest BCUT2D eigenvalue weighted by Gasteiger charge is 2.07. The van der Waals surface area contributed by atoms with E-state index in [9.17, 15) is 9.59 Å². The van der Waals surface area contributed by atoms with Crippen LogP contribution < -0.4 is 5.32 Å². The number of carbonyl (C=O) groups excluding carboxylic acids is 1. The van der Waals surface area contributed by atoms with Crippen molar-refractivity contribution in [3.63, 3.8) is 0 Å². The van der Waals surface area contributed by atoms with E-state index in [1.165, 1.54) is 6.07 Å². The van der Waals surface area contributed by atoms with Gasteiger partial charge in [-0.05, 0) is 30.2 Å². The third-order valence-corrected chi connectivity index (χ3v) is 3.16. The topological polar surface area (TPSA) is 75.6 Å². The molecule has 0 heterocycles. The molecular formula is C19H17NO4. The number of hydrogen-bond donors (Lipinski definition) is 2. The SMILES string of the molecule is Cc1ccc(C(=O)O)c(C#CCNC(=O)OCc2ccccc2)c1. The molecule has 0 aliphatic rings. The first-order valence-electron chi connectivity index (χ1n) is 7.33. The fraction of sp³-hybridized carbons (Fsp3) is 0.158. The maximum atomic E-state index is 11.6. The third kappa shape index (κ3) is 5.18. The molecule has 0 bridgehead atoms. The largest absolute Gasteiger partial charge is 0.478 e. The average molecular weight is 323 g/mol. The van der Waals surface area contributed by atoms with Gasteiger partial charge in [-0.2, -0.15) is 0 Å². The number of carboxylic acid groups (broad SMARTS) is 1. The van der Waals surface area contributed by atoms with Crippen LogP contribution in [-0.4, -0.2) is 23.7 Å². The van der Waals surface area contributed by atoms with Crippen LogP contribution >= 0.6 is 0 Å². The second kappa shape index (κ2) is 8.39. The van der Waals surface area contributed by atoms with E-state index in [-0.39, 0.29) is 18.7 Å². The Balaban J connectivity index is 1.86. The summed E-state index contributed by atoms with van der Waals surface area (Å²) in [4.78, 5) is 22.7. The van der Waals surface area contributed by atoms with Gasteiger partial charge in [0, 0.05) is 5.56 Å². The second-order valence-electron chi connectivity index (χ2n) is 5.07. The first-order chi connectivity index (χ1) is 11.6. The van der Waals surface area contributed by atoms with Crippen molar-refractivity contribution in [2.75, 3.05) is 6.54 Å². The van der Waals surface area contributed by atoms with Crippen molar-refractivity contribution in [2.24, 2.45) is 0 Å². The molecule has 0 unspecified atom stereocenters. The van der Waals surface area contributed by atoms with Crippen molar-refractivity contribution >= 4 is 12.1 Å². The Morgan fingerprint density at radius 2 is 1.92 bits per heavy atom. The highest BCUT2D eigenvalue weighted by atomic mass is 16.5. The van der Waals surface area contributed by atoms with E-state index in [0.29, 0.717) is 5.56 Å². The van der Waals surface area contributed by atoms with Gasteiger partial charge < -0.3 is 15.2 Å². The average Bonchev–Trinajstić information content (AvgIpc) is 2.57. The van der Waals surface area contributed by atoms with E-state index in [0.717, 1.165) is 11.1 Å². The van der Waals surface area contributed by atoms with E-state index in [1.54, 1.807) is 12.1 Å². The predicted molar refractivity (Wildman–Crippen MR) is 89.6 cm³/mol. The Morgan fingerprint density at radius 1 is 1.17 bits per heavy atom. The fourth-order valence-electron chi connectivity index (χ4n) is 1.98. The molecule has 2 N–H and O–H groups in total. The fourth-order valence-corrected chi connectivity index (χ4v) is 1.98. The van der Waals surface area contributed by atoms with Crippen LogP contribution in [0.1, 0.15) is 27.0 Å². The molecule has 0 aliphatic heterocycles. The Kier molecular flexibility index (Phi) is 5.98. The molecule has 2 aromatic rings. The van der Waals surface area contributed by atoms with Gasteiger partial charge >= 0.3 is 12.1 Å². The zero-order valence-corrected chi connectivity index (χ0v) is 13.2. The monoisotopic (exact) mass is 323 g/mol. The number of alkyl carbamates (subject to hydrolysis) is 1. The lowest BCUT2D eigenvalue weighted by Gasteiger charge is -2.04. The van der Waals surface area contributed by atoms with Gasteiger partial charge in [0.15, 0.2) is 0 Å². The zero-order chi connectivity index (χ0) is 17.4. The minimum Gasteiger partial charge on any atom is -0.478 e. The first-order valence-corrected chi connectivity index (χ1v) is 7.33. The zero-order valence-electron chi connectivity index (χ0n) is 13.2. The van der Waals surface area contributed by atoms with Crippen LogP contribution in [-0.2, 0) is 11.3 Å². The van der Waals surface area contributed by atoms with E-state index in [1.807, 2.05) is 37.3 Å². The Labute approximate surface area is 140 Å². The Morgan fingerprint density at radius 3 is 2.62 bits per heavy atom.